The van der Waals surface area contributed by atoms with E-state index in [1.54, 1.807) is 0 Å². The van der Waals surface area contributed by atoms with Crippen LogP contribution in [-0.4, -0.2) is 23.5 Å². The van der Waals surface area contributed by atoms with Crippen LogP contribution in [0.4, 0.5) is 0 Å². The van der Waals surface area contributed by atoms with E-state index in [2.05, 4.69) is 0 Å². The fourth-order valence-electron chi connectivity index (χ4n) is 1.34. The van der Waals surface area contributed by atoms with Gasteiger partial charge in [-0.3, -0.25) is 9.59 Å². The number of hydrogen-bond acceptors (Lipinski definition) is 4. The Labute approximate surface area is 100 Å². The molecule has 0 amide bonds. The van der Waals surface area contributed by atoms with E-state index < -0.39 is 11.9 Å². The van der Waals surface area contributed by atoms with Crippen LogP contribution in [0.5, 0.6) is 0 Å². The largest absolute Gasteiger partial charge is 0.461 e. The Bertz CT molecular complexity index is 372. The second-order valence-corrected chi connectivity index (χ2v) is 3.84. The molecular weight excluding hydrogens is 220 g/mol. The maximum atomic E-state index is 11.4. The van der Waals surface area contributed by atoms with Gasteiger partial charge in [0.05, 0.1) is 18.9 Å². The van der Waals surface area contributed by atoms with Gasteiger partial charge in [-0.15, -0.1) is 0 Å². The molecule has 1 aromatic rings. The van der Waals surface area contributed by atoms with Crippen LogP contribution in [0.2, 0.25) is 0 Å². The summed E-state index contributed by atoms with van der Waals surface area (Å²) >= 11 is 0. The van der Waals surface area contributed by atoms with E-state index in [1.807, 2.05) is 30.3 Å². The SMILES string of the molecule is CC(=O)[C@@H](CO)CC(=O)OCc1ccccc1. The highest BCUT2D eigenvalue weighted by molar-refractivity contribution is 5.83. The average molecular weight is 236 g/mol. The van der Waals surface area contributed by atoms with Crippen LogP contribution < -0.4 is 0 Å². The van der Waals surface area contributed by atoms with Crippen molar-refractivity contribution in [2.75, 3.05) is 6.61 Å². The molecule has 1 N–H and O–H groups in total. The van der Waals surface area contributed by atoms with Gasteiger partial charge in [0.1, 0.15) is 12.4 Å². The summed E-state index contributed by atoms with van der Waals surface area (Å²) in [6.45, 7) is 1.22. The molecule has 0 radical (unpaired) electrons. The van der Waals surface area contributed by atoms with Crippen molar-refractivity contribution in [1.82, 2.24) is 0 Å². The highest BCUT2D eigenvalue weighted by atomic mass is 16.5. The maximum Gasteiger partial charge on any atom is 0.306 e. The van der Waals surface area contributed by atoms with E-state index in [-0.39, 0.29) is 25.4 Å². The van der Waals surface area contributed by atoms with Gasteiger partial charge in [-0.2, -0.15) is 0 Å². The molecule has 17 heavy (non-hydrogen) atoms. The molecule has 0 unspecified atom stereocenters. The topological polar surface area (TPSA) is 63.6 Å². The van der Waals surface area contributed by atoms with Gasteiger partial charge in [-0.25, -0.2) is 0 Å². The van der Waals surface area contributed by atoms with Crippen LogP contribution in [0.15, 0.2) is 30.3 Å². The van der Waals surface area contributed by atoms with E-state index in [0.29, 0.717) is 0 Å². The molecule has 0 saturated carbocycles. The number of aliphatic hydroxyl groups is 1. The van der Waals surface area contributed by atoms with Gasteiger partial charge in [0, 0.05) is 0 Å². The predicted molar refractivity (Wildman–Crippen MR) is 62.1 cm³/mol. The first-order valence-corrected chi connectivity index (χ1v) is 5.44. The summed E-state index contributed by atoms with van der Waals surface area (Å²) in [5, 5.41) is 8.90. The third kappa shape index (κ3) is 4.78. The Morgan fingerprint density at radius 3 is 2.47 bits per heavy atom. The molecule has 0 bridgehead atoms. The lowest BCUT2D eigenvalue weighted by Crippen LogP contribution is -2.20. The fourth-order valence-corrected chi connectivity index (χ4v) is 1.34. The molecule has 0 heterocycles. The van der Waals surface area contributed by atoms with Crippen LogP contribution in [0, 0.1) is 5.92 Å². The van der Waals surface area contributed by atoms with Gasteiger partial charge < -0.3 is 9.84 Å². The van der Waals surface area contributed by atoms with E-state index >= 15 is 0 Å². The number of aliphatic hydroxyl groups excluding tert-OH is 1. The summed E-state index contributed by atoms with van der Waals surface area (Å²) in [6, 6.07) is 9.29. The summed E-state index contributed by atoms with van der Waals surface area (Å²) in [5.41, 5.74) is 0.893. The van der Waals surface area contributed by atoms with Crippen LogP contribution in [0.25, 0.3) is 0 Å². The van der Waals surface area contributed by atoms with Gasteiger partial charge in [0.2, 0.25) is 0 Å². The molecule has 0 spiro atoms. The number of carbonyl (C=O) groups is 2. The molecule has 1 atom stereocenters. The molecular formula is C13H16O4. The van der Waals surface area contributed by atoms with Crippen LogP contribution in [0.1, 0.15) is 18.9 Å². The third-order valence-corrected chi connectivity index (χ3v) is 2.45. The lowest BCUT2D eigenvalue weighted by molar-refractivity contribution is -0.148. The molecule has 92 valence electrons. The first-order valence-electron chi connectivity index (χ1n) is 5.44. The lowest BCUT2D eigenvalue weighted by Gasteiger charge is -2.10. The monoisotopic (exact) mass is 236 g/mol. The first kappa shape index (κ1) is 13.4. The Hall–Kier alpha value is -1.68. The molecule has 0 fully saturated rings. The molecule has 1 rings (SSSR count). The lowest BCUT2D eigenvalue weighted by atomic mass is 10.0. The molecule has 0 aliphatic rings. The fraction of sp³-hybridized carbons (Fsp3) is 0.385. The van der Waals surface area contributed by atoms with Crippen molar-refractivity contribution in [3.63, 3.8) is 0 Å². The van der Waals surface area contributed by atoms with Crippen molar-refractivity contribution in [2.24, 2.45) is 5.92 Å². The molecule has 4 nitrogen and oxygen atoms in total. The summed E-state index contributed by atoms with van der Waals surface area (Å²) < 4.78 is 5.01. The van der Waals surface area contributed by atoms with Crippen molar-refractivity contribution in [3.05, 3.63) is 35.9 Å². The molecule has 0 saturated heterocycles. The van der Waals surface area contributed by atoms with Crippen molar-refractivity contribution >= 4 is 11.8 Å². The highest BCUT2D eigenvalue weighted by Crippen LogP contribution is 2.07. The van der Waals surface area contributed by atoms with Crippen LogP contribution in [-0.2, 0) is 20.9 Å². The second-order valence-electron chi connectivity index (χ2n) is 3.84. The zero-order chi connectivity index (χ0) is 12.7. The number of hydrogen-bond donors (Lipinski definition) is 1. The summed E-state index contributed by atoms with van der Waals surface area (Å²) in [4.78, 5) is 22.4. The number of benzene rings is 1. The summed E-state index contributed by atoms with van der Waals surface area (Å²) in [5.74, 6) is -1.33. The molecule has 0 aromatic heterocycles. The molecule has 0 aliphatic heterocycles. The zero-order valence-corrected chi connectivity index (χ0v) is 9.76. The average Bonchev–Trinajstić information content (AvgIpc) is 2.34. The minimum Gasteiger partial charge on any atom is -0.461 e. The van der Waals surface area contributed by atoms with Gasteiger partial charge in [-0.1, -0.05) is 30.3 Å². The van der Waals surface area contributed by atoms with E-state index in [4.69, 9.17) is 9.84 Å². The molecule has 0 aliphatic carbocycles. The third-order valence-electron chi connectivity index (χ3n) is 2.45. The predicted octanol–water partition coefficient (Wildman–Crippen LogP) is 1.32. The van der Waals surface area contributed by atoms with E-state index in [9.17, 15) is 9.59 Å². The van der Waals surface area contributed by atoms with Crippen molar-refractivity contribution in [1.29, 1.82) is 0 Å². The normalized spacial score (nSPS) is 11.9. The van der Waals surface area contributed by atoms with Gasteiger partial charge in [0.15, 0.2) is 0 Å². The molecule has 4 heteroatoms. The minimum atomic E-state index is -0.654. The first-order chi connectivity index (χ1) is 8.13. The van der Waals surface area contributed by atoms with Crippen molar-refractivity contribution < 1.29 is 19.4 Å². The number of Topliss-reactive ketones (excluding diaryl/α,β-unsaturated/α-hetero) is 1. The van der Waals surface area contributed by atoms with Gasteiger partial charge in [-0.05, 0) is 12.5 Å². The van der Waals surface area contributed by atoms with Gasteiger partial charge >= 0.3 is 5.97 Å². The Kier molecular flexibility index (Phi) is 5.36. The highest BCUT2D eigenvalue weighted by Gasteiger charge is 2.18. The minimum absolute atomic E-state index is 0.0708. The Balaban J connectivity index is 2.37. The van der Waals surface area contributed by atoms with Gasteiger partial charge in [0.25, 0.3) is 0 Å². The van der Waals surface area contributed by atoms with E-state index in [0.717, 1.165) is 5.56 Å². The maximum absolute atomic E-state index is 11.4. The number of ether oxygens (including phenoxy) is 1. The van der Waals surface area contributed by atoms with Crippen LogP contribution in [0.3, 0.4) is 0 Å². The quantitative estimate of drug-likeness (QED) is 0.756. The molecule has 1 aromatic carbocycles. The number of carbonyl (C=O) groups excluding carboxylic acids is 2. The standard InChI is InChI=1S/C13H16O4/c1-10(15)12(8-14)7-13(16)17-9-11-5-3-2-4-6-11/h2-6,12,14H,7-9H2,1H3/t12-/m1/s1. The number of ketones is 1. The summed E-state index contributed by atoms with van der Waals surface area (Å²) in [7, 11) is 0. The Morgan fingerprint density at radius 2 is 1.94 bits per heavy atom. The van der Waals surface area contributed by atoms with E-state index in [1.165, 1.54) is 6.92 Å². The smallest absolute Gasteiger partial charge is 0.306 e. The van der Waals surface area contributed by atoms with Crippen LogP contribution >= 0.6 is 0 Å². The summed E-state index contributed by atoms with van der Waals surface area (Å²) in [6.07, 6.45) is -0.0708. The number of rotatable bonds is 6. The number of esters is 1. The zero-order valence-electron chi connectivity index (χ0n) is 9.76. The second kappa shape index (κ2) is 6.81. The van der Waals surface area contributed by atoms with Crippen molar-refractivity contribution in [2.45, 2.75) is 20.0 Å². The Morgan fingerprint density at radius 1 is 1.29 bits per heavy atom. The van der Waals surface area contributed by atoms with Crippen molar-refractivity contribution in [3.8, 4) is 0 Å².